The van der Waals surface area contributed by atoms with Crippen molar-refractivity contribution in [1.29, 1.82) is 0 Å². The number of carboxylic acids is 4. The zero-order chi connectivity index (χ0) is 22.6. The van der Waals surface area contributed by atoms with E-state index in [1.807, 2.05) is 0 Å². The number of rotatable bonds is 13. The van der Waals surface area contributed by atoms with Crippen LogP contribution in [0.5, 0.6) is 0 Å². The van der Waals surface area contributed by atoms with Gasteiger partial charge in [-0.1, -0.05) is 78.6 Å². The van der Waals surface area contributed by atoms with Crippen molar-refractivity contribution in [3.05, 3.63) is 0 Å². The lowest BCUT2D eigenvalue weighted by Crippen LogP contribution is -2.36. The zero-order valence-corrected chi connectivity index (χ0v) is 17.7. The van der Waals surface area contributed by atoms with Gasteiger partial charge in [0.15, 0.2) is 5.41 Å². The van der Waals surface area contributed by atoms with Gasteiger partial charge in [-0.2, -0.15) is 0 Å². The number of carbonyl (C=O) groups is 4. The highest BCUT2D eigenvalue weighted by Gasteiger charge is 2.40. The van der Waals surface area contributed by atoms with Crippen LogP contribution in [0.25, 0.3) is 0 Å². The van der Waals surface area contributed by atoms with Crippen molar-refractivity contribution in [2.75, 3.05) is 0 Å². The molecule has 0 aliphatic carbocycles. The first-order valence-corrected chi connectivity index (χ1v) is 9.89. The minimum absolute atomic E-state index is 0.214. The maximum atomic E-state index is 10.9. The van der Waals surface area contributed by atoms with E-state index in [0.717, 1.165) is 19.3 Å². The maximum absolute atomic E-state index is 10.9. The van der Waals surface area contributed by atoms with Crippen LogP contribution in [-0.2, 0) is 19.2 Å². The lowest BCUT2D eigenvalue weighted by molar-refractivity contribution is -0.164. The summed E-state index contributed by atoms with van der Waals surface area (Å²) in [5, 5.41) is 33.2. The topological polar surface area (TPSA) is 149 Å². The van der Waals surface area contributed by atoms with Crippen LogP contribution in [0.15, 0.2) is 0 Å². The number of aliphatic carboxylic acids is 4. The van der Waals surface area contributed by atoms with Crippen molar-refractivity contribution in [2.24, 2.45) is 5.41 Å². The van der Waals surface area contributed by atoms with E-state index in [0.29, 0.717) is 6.42 Å². The summed E-state index contributed by atoms with van der Waals surface area (Å²) in [6, 6.07) is 0. The Kier molecular flexibility index (Phi) is 21.5. The Bertz CT molecular complexity index is 417. The molecule has 0 rings (SSSR count). The Balaban J connectivity index is -0.000000466. The first-order chi connectivity index (χ1) is 13.0. The minimum Gasteiger partial charge on any atom is -0.481 e. The fourth-order valence-electron chi connectivity index (χ4n) is 1.87. The van der Waals surface area contributed by atoms with Crippen molar-refractivity contribution in [3.63, 3.8) is 0 Å². The average molecular weight is 407 g/mol. The van der Waals surface area contributed by atoms with Gasteiger partial charge in [0.2, 0.25) is 0 Å². The van der Waals surface area contributed by atoms with Crippen LogP contribution in [-0.4, -0.2) is 44.3 Å². The molecular formula is C20H38O8. The zero-order valence-electron chi connectivity index (χ0n) is 17.7. The molecule has 0 radical (unpaired) electrons. The average Bonchev–Trinajstić information content (AvgIpc) is 2.59. The normalized spacial score (nSPS) is 10.0. The van der Waals surface area contributed by atoms with Gasteiger partial charge in [-0.3, -0.25) is 19.2 Å². The standard InChI is InChI=1S/C13H24O4.C4H10.C3H4O4/c1-3-4-5-6-7-8-9-10-13(2,11(14)15)12(16)17;1-3-4-2;4-2(5)1-3(6)7/h3-10H2,1-2H3,(H,14,15)(H,16,17);3-4H2,1-2H3;1H2,(H,4,5)(H,6,7). The molecule has 0 fully saturated rings. The molecule has 28 heavy (non-hydrogen) atoms. The predicted octanol–water partition coefficient (Wildman–Crippen LogP) is 4.65. The van der Waals surface area contributed by atoms with Crippen LogP contribution in [0, 0.1) is 5.41 Å². The van der Waals surface area contributed by atoms with Crippen LogP contribution in [0.1, 0.15) is 98.3 Å². The summed E-state index contributed by atoms with van der Waals surface area (Å²) >= 11 is 0. The van der Waals surface area contributed by atoms with Crippen molar-refractivity contribution in [2.45, 2.75) is 98.3 Å². The van der Waals surface area contributed by atoms with E-state index < -0.39 is 35.7 Å². The highest BCUT2D eigenvalue weighted by molar-refractivity contribution is 5.97. The molecule has 0 saturated heterocycles. The molecule has 4 N–H and O–H groups in total. The minimum atomic E-state index is -1.62. The summed E-state index contributed by atoms with van der Waals surface area (Å²) in [5.41, 5.74) is -1.62. The van der Waals surface area contributed by atoms with Gasteiger partial charge < -0.3 is 20.4 Å². The molecule has 8 nitrogen and oxygen atoms in total. The Labute approximate surface area is 168 Å². The Hall–Kier alpha value is -2.12. The second kappa shape index (κ2) is 19.6. The smallest absolute Gasteiger partial charge is 0.320 e. The van der Waals surface area contributed by atoms with Crippen molar-refractivity contribution in [3.8, 4) is 0 Å². The number of unbranched alkanes of at least 4 members (excludes halogenated alkanes) is 7. The SMILES string of the molecule is CCCC.CCCCCCCCCC(C)(C(=O)O)C(=O)O.O=C(O)CC(=O)O. The molecule has 0 saturated carbocycles. The molecule has 8 heteroatoms. The summed E-state index contributed by atoms with van der Waals surface area (Å²) < 4.78 is 0. The second-order valence-corrected chi connectivity index (χ2v) is 6.78. The monoisotopic (exact) mass is 406 g/mol. The fraction of sp³-hybridized carbons (Fsp3) is 0.800. The van der Waals surface area contributed by atoms with Crippen molar-refractivity contribution >= 4 is 23.9 Å². The summed E-state index contributed by atoms with van der Waals surface area (Å²) in [6.45, 7) is 7.81. The van der Waals surface area contributed by atoms with Crippen LogP contribution in [0.4, 0.5) is 0 Å². The molecule has 166 valence electrons. The van der Waals surface area contributed by atoms with E-state index in [-0.39, 0.29) is 6.42 Å². The van der Waals surface area contributed by atoms with E-state index in [4.69, 9.17) is 20.4 Å². The molecule has 0 aromatic heterocycles. The summed E-state index contributed by atoms with van der Waals surface area (Å²) in [5.74, 6) is -5.10. The molecule has 0 aliphatic rings. The third-order valence-corrected chi connectivity index (χ3v) is 4.03. The molecule has 0 aromatic rings. The lowest BCUT2D eigenvalue weighted by Gasteiger charge is -2.19. The second-order valence-electron chi connectivity index (χ2n) is 6.78. The van der Waals surface area contributed by atoms with Gasteiger partial charge >= 0.3 is 23.9 Å². The van der Waals surface area contributed by atoms with Crippen molar-refractivity contribution < 1.29 is 39.6 Å². The summed E-state index contributed by atoms with van der Waals surface area (Å²) in [7, 11) is 0. The lowest BCUT2D eigenvalue weighted by atomic mass is 9.85. The predicted molar refractivity (Wildman–Crippen MR) is 106 cm³/mol. The van der Waals surface area contributed by atoms with E-state index in [2.05, 4.69) is 20.8 Å². The highest BCUT2D eigenvalue weighted by Crippen LogP contribution is 2.25. The third kappa shape index (κ3) is 20.2. The maximum Gasteiger partial charge on any atom is 0.320 e. The van der Waals surface area contributed by atoms with Crippen LogP contribution in [0.3, 0.4) is 0 Å². The van der Waals surface area contributed by atoms with Gasteiger partial charge in [0.05, 0.1) is 0 Å². The molecular weight excluding hydrogens is 368 g/mol. The van der Waals surface area contributed by atoms with Crippen LogP contribution < -0.4 is 0 Å². The highest BCUT2D eigenvalue weighted by atomic mass is 16.4. The number of hydrogen-bond donors (Lipinski definition) is 4. The molecule has 0 aromatic carbocycles. The quantitative estimate of drug-likeness (QED) is 0.255. The Morgan fingerprint density at radius 3 is 1.21 bits per heavy atom. The van der Waals surface area contributed by atoms with E-state index >= 15 is 0 Å². The molecule has 0 heterocycles. The van der Waals surface area contributed by atoms with E-state index in [1.54, 1.807) is 0 Å². The number of hydrogen-bond acceptors (Lipinski definition) is 4. The van der Waals surface area contributed by atoms with Crippen molar-refractivity contribution in [1.82, 2.24) is 0 Å². The van der Waals surface area contributed by atoms with Crippen LogP contribution >= 0.6 is 0 Å². The molecule has 0 unspecified atom stereocenters. The Morgan fingerprint density at radius 1 is 0.607 bits per heavy atom. The van der Waals surface area contributed by atoms with Gasteiger partial charge in [-0.15, -0.1) is 0 Å². The molecule has 0 bridgehead atoms. The van der Waals surface area contributed by atoms with Crippen LogP contribution in [0.2, 0.25) is 0 Å². The molecule has 0 aliphatic heterocycles. The van der Waals surface area contributed by atoms with Gasteiger partial charge in [0.25, 0.3) is 0 Å². The summed E-state index contributed by atoms with van der Waals surface area (Å²) in [6.07, 6.45) is 9.51. The fourth-order valence-corrected chi connectivity index (χ4v) is 1.87. The number of carboxylic acid groups (broad SMARTS) is 4. The molecule has 0 atom stereocenters. The summed E-state index contributed by atoms with van der Waals surface area (Å²) in [4.78, 5) is 40.6. The molecule has 0 spiro atoms. The van der Waals surface area contributed by atoms with Gasteiger partial charge in [0, 0.05) is 0 Å². The van der Waals surface area contributed by atoms with E-state index in [1.165, 1.54) is 39.0 Å². The largest absolute Gasteiger partial charge is 0.481 e. The first kappa shape index (κ1) is 30.6. The molecule has 0 amide bonds. The van der Waals surface area contributed by atoms with Gasteiger partial charge in [0.1, 0.15) is 6.42 Å². The first-order valence-electron chi connectivity index (χ1n) is 9.89. The third-order valence-electron chi connectivity index (χ3n) is 4.03. The van der Waals surface area contributed by atoms with Gasteiger partial charge in [-0.05, 0) is 13.3 Å². The van der Waals surface area contributed by atoms with E-state index in [9.17, 15) is 19.2 Å². The van der Waals surface area contributed by atoms with Gasteiger partial charge in [-0.25, -0.2) is 0 Å². The Morgan fingerprint density at radius 2 is 0.964 bits per heavy atom.